The minimum Gasteiger partial charge on any atom is -0.314 e. The molecule has 20 heavy (non-hydrogen) atoms. The molecule has 0 bridgehead atoms. The Bertz CT molecular complexity index is 466. The van der Waals surface area contributed by atoms with Gasteiger partial charge in [0.15, 0.2) is 0 Å². The maximum absolute atomic E-state index is 6.03. The normalized spacial score (nSPS) is 24.3. The first-order valence-corrected chi connectivity index (χ1v) is 8.06. The Morgan fingerprint density at radius 1 is 1.40 bits per heavy atom. The summed E-state index contributed by atoms with van der Waals surface area (Å²) in [5, 5.41) is 4.52. The van der Waals surface area contributed by atoms with Gasteiger partial charge in [0, 0.05) is 11.1 Å². The lowest BCUT2D eigenvalue weighted by Gasteiger charge is -2.27. The van der Waals surface area contributed by atoms with Crippen LogP contribution in [0.5, 0.6) is 0 Å². The summed E-state index contributed by atoms with van der Waals surface area (Å²) in [6.07, 6.45) is 6.03. The van der Waals surface area contributed by atoms with Crippen molar-refractivity contribution in [3.8, 4) is 0 Å². The van der Waals surface area contributed by atoms with Crippen LogP contribution >= 0.6 is 11.6 Å². The van der Waals surface area contributed by atoms with Gasteiger partial charge in [0.2, 0.25) is 0 Å². The smallest absolute Gasteiger partial charge is 0.0408 e. The molecule has 0 saturated carbocycles. The van der Waals surface area contributed by atoms with Crippen LogP contribution in [0.1, 0.15) is 39.2 Å². The van der Waals surface area contributed by atoms with Crippen LogP contribution in [0.3, 0.4) is 0 Å². The van der Waals surface area contributed by atoms with Crippen molar-refractivity contribution in [1.29, 1.82) is 0 Å². The Kier molecular flexibility index (Phi) is 5.68. The molecule has 0 spiro atoms. The molecule has 1 aliphatic rings. The average Bonchev–Trinajstić information content (AvgIpc) is 2.35. The summed E-state index contributed by atoms with van der Waals surface area (Å²) < 4.78 is 0. The lowest BCUT2D eigenvalue weighted by atomic mass is 9.83. The number of allylic oxidation sites excluding steroid dienone is 2. The highest BCUT2D eigenvalue weighted by Crippen LogP contribution is 2.27. The third-order valence-electron chi connectivity index (χ3n) is 4.07. The van der Waals surface area contributed by atoms with E-state index < -0.39 is 0 Å². The topological polar surface area (TPSA) is 12.0 Å². The van der Waals surface area contributed by atoms with Gasteiger partial charge in [0.1, 0.15) is 0 Å². The van der Waals surface area contributed by atoms with Gasteiger partial charge in [-0.25, -0.2) is 0 Å². The third kappa shape index (κ3) is 4.96. The molecule has 0 heterocycles. The Morgan fingerprint density at radius 2 is 2.20 bits per heavy atom. The second kappa shape index (κ2) is 7.28. The highest BCUT2D eigenvalue weighted by molar-refractivity contribution is 6.30. The first-order chi connectivity index (χ1) is 9.52. The monoisotopic (exact) mass is 291 g/mol. The van der Waals surface area contributed by atoms with E-state index in [0.29, 0.717) is 6.04 Å². The quantitative estimate of drug-likeness (QED) is 0.765. The van der Waals surface area contributed by atoms with Gasteiger partial charge in [-0.2, -0.15) is 0 Å². The number of rotatable bonds is 5. The molecule has 110 valence electrons. The SMILES string of the molecule is CC1=CC(C)CC(CNC(C)Cc2cccc(Cl)c2)C1. The molecule has 1 nitrogen and oxygen atoms in total. The van der Waals surface area contributed by atoms with Crippen molar-refractivity contribution in [2.45, 2.75) is 46.1 Å². The van der Waals surface area contributed by atoms with Crippen LogP contribution in [0.15, 0.2) is 35.9 Å². The maximum atomic E-state index is 6.03. The van der Waals surface area contributed by atoms with Gasteiger partial charge in [-0.3, -0.25) is 0 Å². The molecule has 1 N–H and O–H groups in total. The predicted octanol–water partition coefficient (Wildman–Crippen LogP) is 4.85. The number of benzene rings is 1. The van der Waals surface area contributed by atoms with Crippen molar-refractivity contribution >= 4 is 11.6 Å². The van der Waals surface area contributed by atoms with E-state index in [-0.39, 0.29) is 0 Å². The fourth-order valence-electron chi connectivity index (χ4n) is 3.30. The fourth-order valence-corrected chi connectivity index (χ4v) is 3.51. The van der Waals surface area contributed by atoms with E-state index in [0.717, 1.165) is 29.8 Å². The number of hydrogen-bond acceptors (Lipinski definition) is 1. The standard InChI is InChI=1S/C18H26ClN/c1-13-7-14(2)9-17(8-13)12-20-15(3)10-16-5-4-6-18(19)11-16/h4-7,11,13,15,17,20H,8-10,12H2,1-3H3. The highest BCUT2D eigenvalue weighted by atomic mass is 35.5. The van der Waals surface area contributed by atoms with Crippen LogP contribution in [-0.2, 0) is 6.42 Å². The highest BCUT2D eigenvalue weighted by Gasteiger charge is 2.18. The van der Waals surface area contributed by atoms with E-state index in [1.54, 1.807) is 5.57 Å². The second-order valence-corrected chi connectivity index (χ2v) is 6.88. The van der Waals surface area contributed by atoms with Gasteiger partial charge in [-0.05, 0) is 69.2 Å². The molecule has 2 rings (SSSR count). The first kappa shape index (κ1) is 15.6. The van der Waals surface area contributed by atoms with Crippen molar-refractivity contribution in [1.82, 2.24) is 5.32 Å². The van der Waals surface area contributed by atoms with Crippen LogP contribution in [0, 0.1) is 11.8 Å². The van der Waals surface area contributed by atoms with Crippen molar-refractivity contribution in [2.75, 3.05) is 6.54 Å². The van der Waals surface area contributed by atoms with Crippen molar-refractivity contribution in [3.05, 3.63) is 46.5 Å². The summed E-state index contributed by atoms with van der Waals surface area (Å²) >= 11 is 6.03. The molecule has 0 saturated heterocycles. The molecule has 0 fully saturated rings. The van der Waals surface area contributed by atoms with Gasteiger partial charge in [0.25, 0.3) is 0 Å². The lowest BCUT2D eigenvalue weighted by molar-refractivity contribution is 0.364. The van der Waals surface area contributed by atoms with Gasteiger partial charge >= 0.3 is 0 Å². The first-order valence-electron chi connectivity index (χ1n) is 7.68. The van der Waals surface area contributed by atoms with E-state index in [2.05, 4.69) is 44.3 Å². The maximum Gasteiger partial charge on any atom is 0.0408 e. The molecular formula is C18H26ClN. The van der Waals surface area contributed by atoms with E-state index in [1.807, 2.05) is 12.1 Å². The summed E-state index contributed by atoms with van der Waals surface area (Å²) in [6.45, 7) is 7.97. The molecule has 1 aromatic carbocycles. The van der Waals surface area contributed by atoms with Gasteiger partial charge in [0.05, 0.1) is 0 Å². The van der Waals surface area contributed by atoms with Crippen LogP contribution in [-0.4, -0.2) is 12.6 Å². The molecule has 3 atom stereocenters. The van der Waals surface area contributed by atoms with Crippen molar-refractivity contribution < 1.29 is 0 Å². The van der Waals surface area contributed by atoms with E-state index in [9.17, 15) is 0 Å². The molecule has 0 radical (unpaired) electrons. The molecular weight excluding hydrogens is 266 g/mol. The molecule has 1 aliphatic carbocycles. The molecule has 3 unspecified atom stereocenters. The average molecular weight is 292 g/mol. The van der Waals surface area contributed by atoms with E-state index in [1.165, 1.54) is 18.4 Å². The van der Waals surface area contributed by atoms with Crippen LogP contribution in [0.25, 0.3) is 0 Å². The molecule has 0 aliphatic heterocycles. The Balaban J connectivity index is 1.78. The summed E-state index contributed by atoms with van der Waals surface area (Å²) in [6, 6.07) is 8.67. The summed E-state index contributed by atoms with van der Waals surface area (Å²) in [5.74, 6) is 1.52. The minimum absolute atomic E-state index is 0.495. The van der Waals surface area contributed by atoms with E-state index in [4.69, 9.17) is 11.6 Å². The number of hydrogen-bond donors (Lipinski definition) is 1. The Labute approximate surface area is 128 Å². The zero-order valence-electron chi connectivity index (χ0n) is 12.8. The Hall–Kier alpha value is -0.790. The molecule has 1 aromatic rings. The van der Waals surface area contributed by atoms with Gasteiger partial charge in [-0.15, -0.1) is 0 Å². The fraction of sp³-hybridized carbons (Fsp3) is 0.556. The van der Waals surface area contributed by atoms with Crippen LogP contribution in [0.4, 0.5) is 0 Å². The van der Waals surface area contributed by atoms with Gasteiger partial charge in [-0.1, -0.05) is 42.3 Å². The lowest BCUT2D eigenvalue weighted by Crippen LogP contribution is -2.34. The number of nitrogens with one attached hydrogen (secondary N) is 1. The summed E-state index contributed by atoms with van der Waals surface area (Å²) in [7, 11) is 0. The molecule has 2 heteroatoms. The second-order valence-electron chi connectivity index (χ2n) is 6.44. The molecule has 0 aromatic heterocycles. The molecule has 0 amide bonds. The summed E-state index contributed by atoms with van der Waals surface area (Å²) in [4.78, 5) is 0. The predicted molar refractivity (Wildman–Crippen MR) is 88.3 cm³/mol. The van der Waals surface area contributed by atoms with E-state index >= 15 is 0 Å². The van der Waals surface area contributed by atoms with Crippen LogP contribution < -0.4 is 5.32 Å². The summed E-state index contributed by atoms with van der Waals surface area (Å²) in [5.41, 5.74) is 2.86. The minimum atomic E-state index is 0.495. The largest absolute Gasteiger partial charge is 0.314 e. The van der Waals surface area contributed by atoms with Gasteiger partial charge < -0.3 is 5.32 Å². The number of halogens is 1. The zero-order chi connectivity index (χ0) is 14.5. The Morgan fingerprint density at radius 3 is 2.90 bits per heavy atom. The van der Waals surface area contributed by atoms with Crippen LogP contribution in [0.2, 0.25) is 5.02 Å². The third-order valence-corrected chi connectivity index (χ3v) is 4.31. The zero-order valence-corrected chi connectivity index (χ0v) is 13.6. The van der Waals surface area contributed by atoms with Crippen molar-refractivity contribution in [2.24, 2.45) is 11.8 Å². The van der Waals surface area contributed by atoms with Crippen molar-refractivity contribution in [3.63, 3.8) is 0 Å².